The van der Waals surface area contributed by atoms with Crippen molar-refractivity contribution in [1.29, 1.82) is 0 Å². The normalized spacial score (nSPS) is 31.4. The lowest BCUT2D eigenvalue weighted by Gasteiger charge is -2.26. The van der Waals surface area contributed by atoms with E-state index in [0.717, 1.165) is 30.5 Å². The van der Waals surface area contributed by atoms with Gasteiger partial charge in [-0.3, -0.25) is 4.90 Å². The summed E-state index contributed by atoms with van der Waals surface area (Å²) in [6.07, 6.45) is 3.06. The summed E-state index contributed by atoms with van der Waals surface area (Å²) in [5.74, 6) is 1.69. The van der Waals surface area contributed by atoms with Crippen molar-refractivity contribution in [3.8, 4) is 0 Å². The lowest BCUT2D eigenvalue weighted by atomic mass is 10.1. The third kappa shape index (κ3) is 1.88. The Morgan fingerprint density at radius 1 is 1.39 bits per heavy atom. The first-order valence-corrected chi connectivity index (χ1v) is 6.98. The van der Waals surface area contributed by atoms with Gasteiger partial charge in [0.15, 0.2) is 0 Å². The minimum atomic E-state index is 0.454. The van der Waals surface area contributed by atoms with Crippen LogP contribution in [0.2, 0.25) is 0 Å². The van der Waals surface area contributed by atoms with Gasteiger partial charge in [0.25, 0.3) is 0 Å². The molecule has 4 nitrogen and oxygen atoms in total. The van der Waals surface area contributed by atoms with Crippen molar-refractivity contribution >= 4 is 0 Å². The predicted octanol–water partition coefficient (Wildman–Crippen LogP) is 2.29. The van der Waals surface area contributed by atoms with Crippen LogP contribution in [0, 0.1) is 19.8 Å². The highest BCUT2D eigenvalue weighted by Gasteiger charge is 2.47. The second-order valence-electron chi connectivity index (χ2n) is 5.56. The first-order chi connectivity index (χ1) is 8.70. The van der Waals surface area contributed by atoms with E-state index in [1.54, 1.807) is 0 Å². The molecule has 0 amide bonds. The lowest BCUT2D eigenvalue weighted by Crippen LogP contribution is -2.35. The van der Waals surface area contributed by atoms with Crippen molar-refractivity contribution < 1.29 is 9.26 Å². The molecule has 100 valence electrons. The molecule has 3 atom stereocenters. The monoisotopic (exact) mass is 250 g/mol. The number of fused-ring (bicyclic) bond motifs is 2. The molecule has 0 spiro atoms. The third-order valence-corrected chi connectivity index (χ3v) is 4.52. The lowest BCUT2D eigenvalue weighted by molar-refractivity contribution is 0.0349. The highest BCUT2D eigenvalue weighted by molar-refractivity contribution is 5.21. The zero-order chi connectivity index (χ0) is 12.7. The third-order valence-electron chi connectivity index (χ3n) is 4.52. The van der Waals surface area contributed by atoms with Gasteiger partial charge in [-0.15, -0.1) is 0 Å². The Balaban J connectivity index is 1.72. The van der Waals surface area contributed by atoms with E-state index in [1.807, 2.05) is 13.8 Å². The van der Waals surface area contributed by atoms with E-state index in [4.69, 9.17) is 9.26 Å². The molecule has 0 unspecified atom stereocenters. The van der Waals surface area contributed by atoms with Crippen LogP contribution in [0.3, 0.4) is 0 Å². The Labute approximate surface area is 108 Å². The summed E-state index contributed by atoms with van der Waals surface area (Å²) < 4.78 is 11.2. The van der Waals surface area contributed by atoms with Gasteiger partial charge >= 0.3 is 0 Å². The molecule has 18 heavy (non-hydrogen) atoms. The first-order valence-electron chi connectivity index (χ1n) is 6.98. The molecule has 2 fully saturated rings. The van der Waals surface area contributed by atoms with E-state index in [-0.39, 0.29) is 0 Å². The van der Waals surface area contributed by atoms with Crippen molar-refractivity contribution in [3.63, 3.8) is 0 Å². The minimum Gasteiger partial charge on any atom is -0.377 e. The van der Waals surface area contributed by atoms with E-state index in [9.17, 15) is 0 Å². The summed E-state index contributed by atoms with van der Waals surface area (Å²) >= 11 is 0. The molecule has 4 heteroatoms. The van der Waals surface area contributed by atoms with Crippen LogP contribution >= 0.6 is 0 Å². The summed E-state index contributed by atoms with van der Waals surface area (Å²) in [4.78, 5) is 2.56. The van der Waals surface area contributed by atoms with Gasteiger partial charge < -0.3 is 9.26 Å². The van der Waals surface area contributed by atoms with Crippen LogP contribution in [0.25, 0.3) is 0 Å². The van der Waals surface area contributed by atoms with Gasteiger partial charge in [-0.25, -0.2) is 0 Å². The van der Waals surface area contributed by atoms with Crippen molar-refractivity contribution in [1.82, 2.24) is 10.1 Å². The number of aromatic nitrogens is 1. The Hall–Kier alpha value is -0.870. The van der Waals surface area contributed by atoms with Crippen molar-refractivity contribution in [2.45, 2.75) is 52.3 Å². The van der Waals surface area contributed by atoms with Crippen LogP contribution in [0.5, 0.6) is 0 Å². The van der Waals surface area contributed by atoms with Crippen LogP contribution in [0.4, 0.5) is 0 Å². The van der Waals surface area contributed by atoms with E-state index >= 15 is 0 Å². The predicted molar refractivity (Wildman–Crippen MR) is 68.3 cm³/mol. The summed E-state index contributed by atoms with van der Waals surface area (Å²) in [6, 6.07) is 0.601. The Bertz CT molecular complexity index is 410. The molecule has 0 N–H and O–H groups in total. The van der Waals surface area contributed by atoms with Gasteiger partial charge in [0, 0.05) is 31.3 Å². The standard InChI is InChI=1S/C14H22N2O2/c1-4-17-14-11-5-6-13(14)16(7-11)8-12-9(2)15-18-10(12)3/h11,13-14H,4-8H2,1-3H3/t11-,13+,14-/m0/s1. The zero-order valence-corrected chi connectivity index (χ0v) is 11.5. The van der Waals surface area contributed by atoms with Crippen LogP contribution in [0.15, 0.2) is 4.52 Å². The van der Waals surface area contributed by atoms with Gasteiger partial charge in [0.2, 0.25) is 0 Å². The largest absolute Gasteiger partial charge is 0.377 e. The van der Waals surface area contributed by atoms with Gasteiger partial charge in [-0.05, 0) is 39.5 Å². The summed E-state index contributed by atoms with van der Waals surface area (Å²) in [6.45, 7) is 9.09. The van der Waals surface area contributed by atoms with Gasteiger partial charge in [0.05, 0.1) is 11.8 Å². The van der Waals surface area contributed by atoms with E-state index in [1.165, 1.54) is 24.9 Å². The second-order valence-corrected chi connectivity index (χ2v) is 5.56. The fourth-order valence-corrected chi connectivity index (χ4v) is 3.60. The SMILES string of the molecule is CCO[C@H]1[C@H]2CC[C@H]1N(Cc1c(C)noc1C)C2. The molecule has 3 rings (SSSR count). The van der Waals surface area contributed by atoms with Gasteiger partial charge in [0.1, 0.15) is 5.76 Å². The summed E-state index contributed by atoms with van der Waals surface area (Å²) in [5.41, 5.74) is 2.29. The number of likely N-dealkylation sites (tertiary alicyclic amines) is 1. The van der Waals surface area contributed by atoms with Crippen LogP contribution in [0.1, 0.15) is 36.8 Å². The van der Waals surface area contributed by atoms with E-state index < -0.39 is 0 Å². The van der Waals surface area contributed by atoms with E-state index in [0.29, 0.717) is 12.1 Å². The molecular formula is C14H22N2O2. The topological polar surface area (TPSA) is 38.5 Å². The molecular weight excluding hydrogens is 228 g/mol. The van der Waals surface area contributed by atoms with Gasteiger partial charge in [-0.1, -0.05) is 5.16 Å². The van der Waals surface area contributed by atoms with Crippen molar-refractivity contribution in [2.75, 3.05) is 13.2 Å². The maximum atomic E-state index is 5.92. The quantitative estimate of drug-likeness (QED) is 0.822. The molecule has 1 aliphatic heterocycles. The van der Waals surface area contributed by atoms with Crippen molar-refractivity contribution in [2.24, 2.45) is 5.92 Å². The van der Waals surface area contributed by atoms with Crippen molar-refractivity contribution in [3.05, 3.63) is 17.0 Å². The highest BCUT2D eigenvalue weighted by atomic mass is 16.5. The Kier molecular flexibility index (Phi) is 3.16. The van der Waals surface area contributed by atoms with E-state index in [2.05, 4.69) is 17.0 Å². The highest BCUT2D eigenvalue weighted by Crippen LogP contribution is 2.40. The molecule has 0 radical (unpaired) electrons. The van der Waals surface area contributed by atoms with Gasteiger partial charge in [-0.2, -0.15) is 0 Å². The average Bonchev–Trinajstić information content (AvgIpc) is 2.99. The van der Waals surface area contributed by atoms with Crippen LogP contribution in [-0.4, -0.2) is 35.4 Å². The molecule has 2 bridgehead atoms. The number of rotatable bonds is 4. The molecule has 0 aromatic carbocycles. The fourth-order valence-electron chi connectivity index (χ4n) is 3.60. The molecule has 1 aliphatic carbocycles. The maximum absolute atomic E-state index is 5.92. The number of ether oxygens (including phenoxy) is 1. The summed E-state index contributed by atoms with van der Waals surface area (Å²) in [7, 11) is 0. The smallest absolute Gasteiger partial charge is 0.138 e. The number of hydrogen-bond acceptors (Lipinski definition) is 4. The molecule has 2 aliphatic rings. The molecule has 1 saturated carbocycles. The summed E-state index contributed by atoms with van der Waals surface area (Å²) in [5, 5.41) is 4.04. The molecule has 1 saturated heterocycles. The Morgan fingerprint density at radius 2 is 2.22 bits per heavy atom. The first kappa shape index (κ1) is 12.2. The molecule has 1 aromatic rings. The second kappa shape index (κ2) is 4.67. The maximum Gasteiger partial charge on any atom is 0.138 e. The molecule has 1 aromatic heterocycles. The zero-order valence-electron chi connectivity index (χ0n) is 11.5. The Morgan fingerprint density at radius 3 is 2.89 bits per heavy atom. The number of piperidine rings is 1. The average molecular weight is 250 g/mol. The molecule has 2 heterocycles. The fraction of sp³-hybridized carbons (Fsp3) is 0.786. The minimum absolute atomic E-state index is 0.454. The number of nitrogens with zero attached hydrogens (tertiary/aromatic N) is 2. The number of aryl methyl sites for hydroxylation is 2. The van der Waals surface area contributed by atoms with Crippen LogP contribution in [-0.2, 0) is 11.3 Å². The number of hydrogen-bond donors (Lipinski definition) is 0. The van der Waals surface area contributed by atoms with Crippen LogP contribution < -0.4 is 0 Å².